The lowest BCUT2D eigenvalue weighted by Gasteiger charge is -2.10. The summed E-state index contributed by atoms with van der Waals surface area (Å²) in [4.78, 5) is 26.2. The number of amides is 1. The third kappa shape index (κ3) is 2.90. The minimum atomic E-state index is -0.0359. The smallest absolute Gasteiger partial charge is 0.263 e. The Labute approximate surface area is 169 Å². The number of nitrogens with one attached hydrogen (secondary N) is 3. The van der Waals surface area contributed by atoms with Crippen molar-refractivity contribution >= 4 is 67.3 Å². The molecule has 1 atom stereocenters. The van der Waals surface area contributed by atoms with Crippen molar-refractivity contribution < 1.29 is 4.79 Å². The average molecular weight is 411 g/mol. The van der Waals surface area contributed by atoms with Gasteiger partial charge in [-0.3, -0.25) is 4.79 Å². The van der Waals surface area contributed by atoms with Crippen LogP contribution in [0.3, 0.4) is 0 Å². The molecule has 0 aliphatic carbocycles. The molecule has 9 heteroatoms. The highest BCUT2D eigenvalue weighted by Gasteiger charge is 2.24. The number of carbonyl (C=O) groups is 1. The molecular weight excluding hydrogens is 396 g/mol. The van der Waals surface area contributed by atoms with Gasteiger partial charge >= 0.3 is 0 Å². The van der Waals surface area contributed by atoms with Gasteiger partial charge in [-0.05, 0) is 37.3 Å². The third-order valence-electron chi connectivity index (χ3n) is 4.55. The zero-order chi connectivity index (χ0) is 19.3. The molecule has 0 saturated heterocycles. The first-order valence-electron chi connectivity index (χ1n) is 8.75. The van der Waals surface area contributed by atoms with E-state index in [0.717, 1.165) is 26.7 Å². The molecule has 7 nitrogen and oxygen atoms in total. The van der Waals surface area contributed by atoms with Crippen molar-refractivity contribution in [2.75, 3.05) is 17.2 Å². The predicted octanol–water partition coefficient (Wildman–Crippen LogP) is 4.18. The second-order valence-corrected chi connectivity index (χ2v) is 8.03. The summed E-state index contributed by atoms with van der Waals surface area (Å²) in [5.41, 5.74) is 1.70. The molecule has 0 unspecified atom stereocenters. The standard InChI is InChI=1S/C19H15ClN6OS/c1-9-8-22-16-15-10-2-5-14(26-19-21-7-6-13(20)25-19)24-11(10)3-4-12(15)28-17(16)18(27)23-9/h2-7,9,22H,8H2,1H3,(H,23,27)(H,21,24,25,26)/t9-/m0/s1. The average Bonchev–Trinajstić information content (AvgIpc) is 2.99. The maximum Gasteiger partial charge on any atom is 0.263 e. The predicted molar refractivity (Wildman–Crippen MR) is 113 cm³/mol. The molecule has 0 radical (unpaired) electrons. The van der Waals surface area contributed by atoms with Crippen LogP contribution < -0.4 is 16.0 Å². The number of thiophene rings is 1. The van der Waals surface area contributed by atoms with Crippen molar-refractivity contribution in [1.82, 2.24) is 20.3 Å². The molecule has 3 N–H and O–H groups in total. The molecule has 4 heterocycles. The highest BCUT2D eigenvalue weighted by atomic mass is 35.5. The van der Waals surface area contributed by atoms with Crippen LogP contribution in [0.5, 0.6) is 0 Å². The number of aromatic nitrogens is 3. The molecule has 0 fully saturated rings. The van der Waals surface area contributed by atoms with Crippen molar-refractivity contribution in [3.63, 3.8) is 0 Å². The summed E-state index contributed by atoms with van der Waals surface area (Å²) in [6.07, 6.45) is 1.58. The Morgan fingerprint density at radius 3 is 2.96 bits per heavy atom. The molecule has 1 amide bonds. The lowest BCUT2D eigenvalue weighted by molar-refractivity contribution is 0.0949. The van der Waals surface area contributed by atoms with Gasteiger partial charge in [0.05, 0.1) is 11.2 Å². The number of benzene rings is 1. The van der Waals surface area contributed by atoms with E-state index in [9.17, 15) is 4.79 Å². The van der Waals surface area contributed by atoms with Crippen LogP contribution in [-0.4, -0.2) is 33.4 Å². The van der Waals surface area contributed by atoms with Gasteiger partial charge in [-0.25, -0.2) is 15.0 Å². The van der Waals surface area contributed by atoms with Gasteiger partial charge < -0.3 is 16.0 Å². The first kappa shape index (κ1) is 17.2. The molecular formula is C19H15ClN6OS. The van der Waals surface area contributed by atoms with E-state index < -0.39 is 0 Å². The Kier molecular flexibility index (Phi) is 4.03. The minimum Gasteiger partial charge on any atom is -0.381 e. The van der Waals surface area contributed by atoms with Gasteiger partial charge in [-0.2, -0.15) is 0 Å². The Morgan fingerprint density at radius 2 is 2.11 bits per heavy atom. The molecule has 1 aliphatic rings. The monoisotopic (exact) mass is 410 g/mol. The van der Waals surface area contributed by atoms with Gasteiger partial charge in [0.2, 0.25) is 5.95 Å². The summed E-state index contributed by atoms with van der Waals surface area (Å²) >= 11 is 7.41. The maximum atomic E-state index is 12.5. The Morgan fingerprint density at radius 1 is 1.21 bits per heavy atom. The lowest BCUT2D eigenvalue weighted by atomic mass is 10.1. The molecule has 0 saturated carbocycles. The fourth-order valence-corrected chi connectivity index (χ4v) is 4.54. The second kappa shape index (κ2) is 6.57. The van der Waals surface area contributed by atoms with E-state index in [2.05, 4.69) is 30.9 Å². The van der Waals surface area contributed by atoms with Crippen molar-refractivity contribution in [2.45, 2.75) is 13.0 Å². The number of carbonyl (C=O) groups excluding carboxylic acids is 1. The topological polar surface area (TPSA) is 91.8 Å². The van der Waals surface area contributed by atoms with Crippen LogP contribution >= 0.6 is 22.9 Å². The number of hydrogen-bond acceptors (Lipinski definition) is 7. The largest absolute Gasteiger partial charge is 0.381 e. The zero-order valence-corrected chi connectivity index (χ0v) is 16.4. The fourth-order valence-electron chi connectivity index (χ4n) is 3.31. The summed E-state index contributed by atoms with van der Waals surface area (Å²) in [6, 6.07) is 9.51. The van der Waals surface area contributed by atoms with Crippen molar-refractivity contribution in [3.05, 3.63) is 46.6 Å². The number of halogens is 1. The summed E-state index contributed by atoms with van der Waals surface area (Å²) in [6.45, 7) is 2.67. The van der Waals surface area contributed by atoms with Gasteiger partial charge in [0.25, 0.3) is 5.91 Å². The van der Waals surface area contributed by atoms with Crippen molar-refractivity contribution in [1.29, 1.82) is 0 Å². The second-order valence-electron chi connectivity index (χ2n) is 6.59. The van der Waals surface area contributed by atoms with E-state index in [1.807, 2.05) is 31.2 Å². The van der Waals surface area contributed by atoms with Crippen LogP contribution in [0.2, 0.25) is 5.15 Å². The lowest BCUT2D eigenvalue weighted by Crippen LogP contribution is -2.34. The molecule has 1 aliphatic heterocycles. The quantitative estimate of drug-likeness (QED) is 0.429. The van der Waals surface area contributed by atoms with Gasteiger partial charge in [-0.1, -0.05) is 11.6 Å². The Balaban J connectivity index is 1.62. The van der Waals surface area contributed by atoms with E-state index in [1.54, 1.807) is 12.3 Å². The first-order chi connectivity index (χ1) is 13.6. The van der Waals surface area contributed by atoms with Crippen LogP contribution in [0.1, 0.15) is 16.6 Å². The molecule has 1 aromatic carbocycles. The SMILES string of the molecule is C[C@H]1CNc2c(sc3ccc4nc(Nc5nccc(Cl)n5)ccc4c23)C(=O)N1. The number of hydrogen-bond donors (Lipinski definition) is 3. The Hall–Kier alpha value is -2.97. The zero-order valence-electron chi connectivity index (χ0n) is 14.8. The van der Waals surface area contributed by atoms with Gasteiger partial charge in [0.1, 0.15) is 15.8 Å². The summed E-state index contributed by atoms with van der Waals surface area (Å²) < 4.78 is 1.05. The molecule has 0 bridgehead atoms. The van der Waals surface area contributed by atoms with Crippen LogP contribution in [0, 0.1) is 0 Å². The third-order valence-corrected chi connectivity index (χ3v) is 5.92. The highest BCUT2D eigenvalue weighted by Crippen LogP contribution is 2.41. The van der Waals surface area contributed by atoms with Crippen LogP contribution in [0.25, 0.3) is 21.0 Å². The number of pyridine rings is 1. The van der Waals surface area contributed by atoms with E-state index in [4.69, 9.17) is 11.6 Å². The molecule has 5 rings (SSSR count). The molecule has 28 heavy (non-hydrogen) atoms. The number of rotatable bonds is 2. The van der Waals surface area contributed by atoms with E-state index >= 15 is 0 Å². The summed E-state index contributed by atoms with van der Waals surface area (Å²) in [7, 11) is 0. The molecule has 4 aromatic rings. The molecule has 0 spiro atoms. The normalized spacial score (nSPS) is 16.4. The van der Waals surface area contributed by atoms with Gasteiger partial charge in [0.15, 0.2) is 0 Å². The van der Waals surface area contributed by atoms with Gasteiger partial charge in [0, 0.05) is 34.3 Å². The van der Waals surface area contributed by atoms with Crippen molar-refractivity contribution in [2.24, 2.45) is 0 Å². The summed E-state index contributed by atoms with van der Waals surface area (Å²) in [5.74, 6) is 0.970. The number of anilines is 3. The minimum absolute atomic E-state index is 0.0359. The highest BCUT2D eigenvalue weighted by molar-refractivity contribution is 7.21. The Bertz CT molecular complexity index is 1240. The van der Waals surface area contributed by atoms with Crippen LogP contribution in [-0.2, 0) is 0 Å². The number of fused-ring (bicyclic) bond motifs is 5. The molecule has 140 valence electrons. The van der Waals surface area contributed by atoms with E-state index in [1.165, 1.54) is 11.3 Å². The van der Waals surface area contributed by atoms with Crippen molar-refractivity contribution in [3.8, 4) is 0 Å². The summed E-state index contributed by atoms with van der Waals surface area (Å²) in [5, 5.41) is 11.9. The maximum absolute atomic E-state index is 12.5. The van der Waals surface area contributed by atoms with Crippen LogP contribution in [0.15, 0.2) is 36.5 Å². The van der Waals surface area contributed by atoms with Gasteiger partial charge in [-0.15, -0.1) is 11.3 Å². The number of nitrogens with zero attached hydrogens (tertiary/aromatic N) is 3. The molecule has 3 aromatic heterocycles. The first-order valence-corrected chi connectivity index (χ1v) is 9.94. The van der Waals surface area contributed by atoms with E-state index in [0.29, 0.717) is 28.3 Å². The van der Waals surface area contributed by atoms with E-state index in [-0.39, 0.29) is 11.9 Å². The van der Waals surface area contributed by atoms with Crippen LogP contribution in [0.4, 0.5) is 17.5 Å². The fraction of sp³-hybridized carbons (Fsp3) is 0.158.